The molecular formula is C12H15BN2. The number of hydrogen-bond donors (Lipinski definition) is 0. The third kappa shape index (κ3) is 1.67. The molecule has 0 N–H and O–H groups in total. The minimum atomic E-state index is 0.369. The molecule has 0 spiro atoms. The highest BCUT2D eigenvalue weighted by molar-refractivity contribution is 6.33. The van der Waals surface area contributed by atoms with Crippen molar-refractivity contribution in [3.05, 3.63) is 23.9 Å². The van der Waals surface area contributed by atoms with Gasteiger partial charge in [-0.1, -0.05) is 18.5 Å². The molecule has 0 atom stereocenters. The molecule has 1 heterocycles. The maximum Gasteiger partial charge on any atom is 0.113 e. The zero-order valence-corrected chi connectivity index (χ0v) is 9.49. The first kappa shape index (κ1) is 10.3. The van der Waals surface area contributed by atoms with Crippen LogP contribution in [0.5, 0.6) is 0 Å². The van der Waals surface area contributed by atoms with Gasteiger partial charge in [-0.2, -0.15) is 5.10 Å². The Morgan fingerprint density at radius 2 is 2.13 bits per heavy atom. The molecule has 76 valence electrons. The molecule has 2 rings (SSSR count). The third-order valence-electron chi connectivity index (χ3n) is 2.69. The van der Waals surface area contributed by atoms with Gasteiger partial charge in [0.1, 0.15) is 7.85 Å². The highest BCUT2D eigenvalue weighted by Crippen LogP contribution is 2.20. The fourth-order valence-electron chi connectivity index (χ4n) is 1.95. The third-order valence-corrected chi connectivity index (χ3v) is 2.69. The van der Waals surface area contributed by atoms with Gasteiger partial charge in [0.2, 0.25) is 0 Å². The van der Waals surface area contributed by atoms with E-state index < -0.39 is 0 Å². The molecule has 0 amide bonds. The van der Waals surface area contributed by atoms with Crippen molar-refractivity contribution in [2.75, 3.05) is 0 Å². The molecule has 2 aromatic rings. The Balaban J connectivity index is 2.75. The smallest absolute Gasteiger partial charge is 0.113 e. The van der Waals surface area contributed by atoms with E-state index in [4.69, 9.17) is 7.85 Å². The van der Waals surface area contributed by atoms with E-state index >= 15 is 0 Å². The Bertz CT molecular complexity index is 486. The van der Waals surface area contributed by atoms with E-state index in [2.05, 4.69) is 25.9 Å². The molecule has 2 nitrogen and oxygen atoms in total. The van der Waals surface area contributed by atoms with Crippen LogP contribution < -0.4 is 5.46 Å². The molecule has 0 bridgehead atoms. The van der Waals surface area contributed by atoms with Crippen LogP contribution in [-0.4, -0.2) is 17.6 Å². The van der Waals surface area contributed by atoms with Crippen LogP contribution in [0.1, 0.15) is 32.4 Å². The second-order valence-electron chi connectivity index (χ2n) is 4.15. The summed E-state index contributed by atoms with van der Waals surface area (Å²) in [6, 6.07) is 4.41. The Kier molecular flexibility index (Phi) is 2.55. The van der Waals surface area contributed by atoms with Gasteiger partial charge >= 0.3 is 0 Å². The largest absolute Gasteiger partial charge is 0.262 e. The van der Waals surface area contributed by atoms with Crippen molar-refractivity contribution in [2.45, 2.75) is 33.2 Å². The van der Waals surface area contributed by atoms with Crippen LogP contribution in [0.25, 0.3) is 10.9 Å². The molecule has 0 aliphatic carbocycles. The lowest BCUT2D eigenvalue weighted by atomic mass is 9.92. The fourth-order valence-corrected chi connectivity index (χ4v) is 1.95. The molecule has 0 aliphatic rings. The summed E-state index contributed by atoms with van der Waals surface area (Å²) in [5, 5.41) is 5.63. The van der Waals surface area contributed by atoms with Gasteiger partial charge in [-0.3, -0.25) is 4.68 Å². The second kappa shape index (κ2) is 3.72. The summed E-state index contributed by atoms with van der Waals surface area (Å²) >= 11 is 0. The molecule has 0 saturated carbocycles. The van der Waals surface area contributed by atoms with Gasteiger partial charge in [0.15, 0.2) is 0 Å². The maximum atomic E-state index is 5.89. The first-order chi connectivity index (χ1) is 7.13. The van der Waals surface area contributed by atoms with Gasteiger partial charge in [0.25, 0.3) is 0 Å². The van der Waals surface area contributed by atoms with Gasteiger partial charge in [0, 0.05) is 11.4 Å². The normalized spacial score (nSPS) is 11.5. The van der Waals surface area contributed by atoms with Gasteiger partial charge < -0.3 is 0 Å². The molecular weight excluding hydrogens is 183 g/mol. The highest BCUT2D eigenvalue weighted by Gasteiger charge is 2.08. The summed E-state index contributed by atoms with van der Waals surface area (Å²) < 4.78 is 2.02. The van der Waals surface area contributed by atoms with Crippen LogP contribution in [0.15, 0.2) is 18.3 Å². The molecule has 0 unspecified atom stereocenters. The number of aryl methyl sites for hydroxylation is 1. The van der Waals surface area contributed by atoms with E-state index in [1.807, 2.05) is 23.0 Å². The Labute approximate surface area is 91.7 Å². The minimum absolute atomic E-state index is 0.369. The van der Waals surface area contributed by atoms with Gasteiger partial charge in [-0.25, -0.2) is 0 Å². The van der Waals surface area contributed by atoms with E-state index in [-0.39, 0.29) is 0 Å². The van der Waals surface area contributed by atoms with Gasteiger partial charge in [-0.05, 0) is 31.9 Å². The number of hydrogen-bond acceptors (Lipinski definition) is 1. The zero-order chi connectivity index (χ0) is 11.0. The van der Waals surface area contributed by atoms with E-state index in [0.717, 1.165) is 17.4 Å². The van der Waals surface area contributed by atoms with E-state index in [1.165, 1.54) is 10.9 Å². The van der Waals surface area contributed by atoms with Crippen molar-refractivity contribution < 1.29 is 0 Å². The van der Waals surface area contributed by atoms with Crippen molar-refractivity contribution in [3.8, 4) is 0 Å². The van der Waals surface area contributed by atoms with Crippen molar-refractivity contribution in [1.29, 1.82) is 0 Å². The van der Waals surface area contributed by atoms with Crippen LogP contribution in [0.2, 0.25) is 0 Å². The van der Waals surface area contributed by atoms with Crippen LogP contribution >= 0.6 is 0 Å². The first-order valence-corrected chi connectivity index (χ1v) is 5.39. The number of rotatable bonds is 2. The van der Waals surface area contributed by atoms with Crippen molar-refractivity contribution in [2.24, 2.45) is 0 Å². The summed E-state index contributed by atoms with van der Waals surface area (Å²) in [5.74, 6) is 0. The lowest BCUT2D eigenvalue weighted by molar-refractivity contribution is 0.551. The summed E-state index contributed by atoms with van der Waals surface area (Å²) in [4.78, 5) is 0. The topological polar surface area (TPSA) is 17.8 Å². The van der Waals surface area contributed by atoms with Crippen LogP contribution in [0, 0.1) is 0 Å². The molecule has 1 aromatic carbocycles. The van der Waals surface area contributed by atoms with Crippen molar-refractivity contribution in [1.82, 2.24) is 9.78 Å². The minimum Gasteiger partial charge on any atom is -0.262 e. The number of benzene rings is 1. The van der Waals surface area contributed by atoms with E-state index in [0.29, 0.717) is 6.04 Å². The molecule has 15 heavy (non-hydrogen) atoms. The Morgan fingerprint density at radius 1 is 1.40 bits per heavy atom. The molecule has 3 heteroatoms. The van der Waals surface area contributed by atoms with Crippen molar-refractivity contribution in [3.63, 3.8) is 0 Å². The van der Waals surface area contributed by atoms with Crippen molar-refractivity contribution >= 4 is 24.2 Å². The maximum absolute atomic E-state index is 5.89. The van der Waals surface area contributed by atoms with E-state index in [1.54, 1.807) is 0 Å². The first-order valence-electron chi connectivity index (χ1n) is 5.39. The molecule has 0 aliphatic heterocycles. The lowest BCUT2D eigenvalue weighted by Crippen LogP contribution is -2.07. The average molecular weight is 198 g/mol. The van der Waals surface area contributed by atoms with Crippen LogP contribution in [-0.2, 0) is 6.42 Å². The monoisotopic (exact) mass is 198 g/mol. The highest BCUT2D eigenvalue weighted by atomic mass is 15.3. The van der Waals surface area contributed by atoms with E-state index in [9.17, 15) is 0 Å². The number of nitrogens with zero attached hydrogens (tertiary/aromatic N) is 2. The van der Waals surface area contributed by atoms with Gasteiger partial charge in [0.05, 0.1) is 11.7 Å². The van der Waals surface area contributed by atoms with Gasteiger partial charge in [-0.15, -0.1) is 0 Å². The molecule has 0 fully saturated rings. The second-order valence-corrected chi connectivity index (χ2v) is 4.15. The summed E-state index contributed by atoms with van der Waals surface area (Å²) in [6.45, 7) is 6.39. The SMILES string of the molecule is [B]c1cc(CC)c2cnn(C(C)C)c2c1. The number of aromatic nitrogens is 2. The number of fused-ring (bicyclic) bond motifs is 1. The standard InChI is InChI=1S/C12H15BN2/c1-4-9-5-10(13)6-12-11(9)7-14-15(12)8(2)3/h5-8H,4H2,1-3H3. The zero-order valence-electron chi connectivity index (χ0n) is 9.49. The fraction of sp³-hybridized carbons (Fsp3) is 0.417. The predicted molar refractivity (Wildman–Crippen MR) is 64.9 cm³/mol. The summed E-state index contributed by atoms with van der Waals surface area (Å²) in [5.41, 5.74) is 3.24. The lowest BCUT2D eigenvalue weighted by Gasteiger charge is -2.09. The summed E-state index contributed by atoms with van der Waals surface area (Å²) in [7, 11) is 5.89. The van der Waals surface area contributed by atoms with Crippen LogP contribution in [0.4, 0.5) is 0 Å². The molecule has 2 radical (unpaired) electrons. The Morgan fingerprint density at radius 3 is 2.73 bits per heavy atom. The average Bonchev–Trinajstić information content (AvgIpc) is 2.59. The molecule has 1 aromatic heterocycles. The van der Waals surface area contributed by atoms with Crippen LogP contribution in [0.3, 0.4) is 0 Å². The predicted octanol–water partition coefficient (Wildman–Crippen LogP) is 1.97. The summed E-state index contributed by atoms with van der Waals surface area (Å²) in [6.07, 6.45) is 2.93. The molecule has 0 saturated heterocycles. The quantitative estimate of drug-likeness (QED) is 0.674. The Hall–Kier alpha value is -1.25.